The quantitative estimate of drug-likeness (QED) is 0.780. The van der Waals surface area contributed by atoms with E-state index >= 15 is 0 Å². The highest BCUT2D eigenvalue weighted by Gasteiger charge is 2.40. The van der Waals surface area contributed by atoms with Crippen LogP contribution in [0.25, 0.3) is 5.70 Å². The Morgan fingerprint density at radius 1 is 1.22 bits per heavy atom. The van der Waals surface area contributed by atoms with Gasteiger partial charge in [-0.2, -0.15) is 0 Å². The summed E-state index contributed by atoms with van der Waals surface area (Å²) < 4.78 is 5.71. The van der Waals surface area contributed by atoms with Gasteiger partial charge in [-0.15, -0.1) is 0 Å². The summed E-state index contributed by atoms with van der Waals surface area (Å²) in [6, 6.07) is 10.1. The molecule has 0 radical (unpaired) electrons. The summed E-state index contributed by atoms with van der Waals surface area (Å²) in [5.74, 6) is 0.816. The molecule has 7 nitrogen and oxygen atoms in total. The van der Waals surface area contributed by atoms with Crippen LogP contribution in [0.4, 0.5) is 5.82 Å². The van der Waals surface area contributed by atoms with Crippen LogP contribution < -0.4 is 10.2 Å². The van der Waals surface area contributed by atoms with Crippen molar-refractivity contribution in [2.45, 2.75) is 51.5 Å². The number of nitrogens with one attached hydrogen (secondary N) is 1. The Labute approximate surface area is 188 Å². The largest absolute Gasteiger partial charge is 0.381 e. The predicted molar refractivity (Wildman–Crippen MR) is 123 cm³/mol. The van der Waals surface area contributed by atoms with E-state index in [2.05, 4.69) is 22.0 Å². The van der Waals surface area contributed by atoms with E-state index in [-0.39, 0.29) is 11.8 Å². The maximum absolute atomic E-state index is 12.5. The number of nitrogens with zero attached hydrogens (tertiary/aromatic N) is 3. The molecular formula is C25H28N4O3. The number of carbonyl (C=O) groups excluding carboxylic acids is 1. The molecule has 2 aromatic rings. The van der Waals surface area contributed by atoms with Gasteiger partial charge >= 0.3 is 0 Å². The van der Waals surface area contributed by atoms with Crippen LogP contribution in [0, 0.1) is 0 Å². The SMILES string of the molecule is C=C(c1ccc(C2=NOC(C)(C)C2=O)cc1)N(c1nccc2c1COC2)[C@@H]1CCCNC1. The van der Waals surface area contributed by atoms with Crippen LogP contribution in [-0.2, 0) is 27.6 Å². The highest BCUT2D eigenvalue weighted by Crippen LogP contribution is 2.35. The number of hydrogen-bond acceptors (Lipinski definition) is 7. The highest BCUT2D eigenvalue weighted by molar-refractivity contribution is 6.49. The summed E-state index contributed by atoms with van der Waals surface area (Å²) in [4.78, 5) is 24.9. The second-order valence-electron chi connectivity index (χ2n) is 9.03. The van der Waals surface area contributed by atoms with E-state index in [9.17, 15) is 4.79 Å². The van der Waals surface area contributed by atoms with Crippen LogP contribution in [-0.4, -0.2) is 41.2 Å². The molecule has 3 aliphatic heterocycles. The number of anilines is 1. The fourth-order valence-corrected chi connectivity index (χ4v) is 4.53. The van der Waals surface area contributed by atoms with E-state index in [1.54, 1.807) is 13.8 Å². The van der Waals surface area contributed by atoms with Crippen molar-refractivity contribution in [1.29, 1.82) is 0 Å². The Kier molecular flexibility index (Phi) is 5.31. The number of rotatable bonds is 5. The lowest BCUT2D eigenvalue weighted by Gasteiger charge is -2.37. The van der Waals surface area contributed by atoms with Gasteiger partial charge in [0.25, 0.3) is 0 Å². The molecule has 1 N–H and O–H groups in total. The number of Topliss-reactive ketones (excluding diaryl/α,β-unsaturated/α-hetero) is 1. The van der Waals surface area contributed by atoms with Crippen molar-refractivity contribution in [3.8, 4) is 0 Å². The van der Waals surface area contributed by atoms with Gasteiger partial charge in [-0.25, -0.2) is 4.98 Å². The van der Waals surface area contributed by atoms with E-state index < -0.39 is 5.60 Å². The fraction of sp³-hybridized carbons (Fsp3) is 0.400. The first-order valence-corrected chi connectivity index (χ1v) is 11.1. The van der Waals surface area contributed by atoms with Crippen molar-refractivity contribution in [1.82, 2.24) is 10.3 Å². The van der Waals surface area contributed by atoms with Gasteiger partial charge in [0.15, 0.2) is 11.3 Å². The standard InChI is InChI=1S/C25H28N4O3/c1-16(17-6-8-18(9-7-17)22-23(30)25(2,3)32-28-22)29(20-5-4-11-26-13-20)24-21-15-31-14-19(21)10-12-27-24/h6-10,12,20,26H,1,4-5,11,13-15H2,2-3H3/t20-/m1/s1. The molecule has 0 bridgehead atoms. The van der Waals surface area contributed by atoms with Crippen molar-refractivity contribution in [2.75, 3.05) is 18.0 Å². The average molecular weight is 433 g/mol. The van der Waals surface area contributed by atoms with Gasteiger partial charge in [0.05, 0.1) is 13.2 Å². The van der Waals surface area contributed by atoms with Crippen molar-refractivity contribution >= 4 is 23.0 Å². The second kappa shape index (κ2) is 8.15. The van der Waals surface area contributed by atoms with E-state index in [4.69, 9.17) is 14.6 Å². The third-order valence-electron chi connectivity index (χ3n) is 6.41. The Morgan fingerprint density at radius 3 is 2.72 bits per heavy atom. The first kappa shape index (κ1) is 20.8. The van der Waals surface area contributed by atoms with Crippen LogP contribution >= 0.6 is 0 Å². The number of piperidine rings is 1. The van der Waals surface area contributed by atoms with Crippen molar-refractivity contribution < 1.29 is 14.4 Å². The van der Waals surface area contributed by atoms with Crippen molar-refractivity contribution in [3.63, 3.8) is 0 Å². The minimum absolute atomic E-state index is 0.108. The zero-order chi connectivity index (χ0) is 22.3. The molecule has 0 amide bonds. The van der Waals surface area contributed by atoms with Crippen molar-refractivity contribution in [3.05, 3.63) is 65.4 Å². The van der Waals surface area contributed by atoms with Gasteiger partial charge in [-0.1, -0.05) is 36.0 Å². The molecule has 5 rings (SSSR count). The minimum Gasteiger partial charge on any atom is -0.381 e. The number of oxime groups is 1. The second-order valence-corrected chi connectivity index (χ2v) is 9.03. The molecule has 1 aromatic heterocycles. The van der Waals surface area contributed by atoms with Gasteiger partial charge in [0.2, 0.25) is 5.78 Å². The molecule has 166 valence electrons. The third kappa shape index (κ3) is 3.61. The molecule has 4 heterocycles. The molecular weight excluding hydrogens is 404 g/mol. The molecule has 1 saturated heterocycles. The normalized spacial score (nSPS) is 21.6. The third-order valence-corrected chi connectivity index (χ3v) is 6.41. The summed E-state index contributed by atoms with van der Waals surface area (Å²) in [7, 11) is 0. The van der Waals surface area contributed by atoms with Gasteiger partial charge in [0, 0.05) is 35.6 Å². The molecule has 0 unspecified atom stereocenters. The summed E-state index contributed by atoms with van der Waals surface area (Å²) in [5, 5.41) is 7.52. The zero-order valence-electron chi connectivity index (χ0n) is 18.6. The lowest BCUT2D eigenvalue weighted by Crippen LogP contribution is -2.45. The minimum atomic E-state index is -0.913. The summed E-state index contributed by atoms with van der Waals surface area (Å²) >= 11 is 0. The zero-order valence-corrected chi connectivity index (χ0v) is 18.6. The van der Waals surface area contributed by atoms with Crippen LogP contribution in [0.3, 0.4) is 0 Å². The number of ketones is 1. The molecule has 7 heteroatoms. The number of fused-ring (bicyclic) bond motifs is 1. The number of hydrogen-bond donors (Lipinski definition) is 1. The fourth-order valence-electron chi connectivity index (χ4n) is 4.53. The average Bonchev–Trinajstić information content (AvgIpc) is 3.40. The Hall–Kier alpha value is -3.03. The topological polar surface area (TPSA) is 76.0 Å². The number of benzene rings is 1. The number of carbonyl (C=O) groups is 1. The molecule has 32 heavy (non-hydrogen) atoms. The number of aromatic nitrogens is 1. The first-order chi connectivity index (χ1) is 15.5. The van der Waals surface area contributed by atoms with E-state index in [0.29, 0.717) is 18.9 Å². The van der Waals surface area contributed by atoms with Crippen LogP contribution in [0.15, 0.2) is 48.3 Å². The number of ether oxygens (including phenoxy) is 1. The lowest BCUT2D eigenvalue weighted by molar-refractivity contribution is -0.128. The van der Waals surface area contributed by atoms with Gasteiger partial charge in [-0.3, -0.25) is 4.79 Å². The van der Waals surface area contributed by atoms with Crippen LogP contribution in [0.2, 0.25) is 0 Å². The highest BCUT2D eigenvalue weighted by atomic mass is 16.7. The Morgan fingerprint density at radius 2 is 2.03 bits per heavy atom. The molecule has 0 saturated carbocycles. The van der Waals surface area contributed by atoms with E-state index in [1.165, 1.54) is 5.56 Å². The van der Waals surface area contributed by atoms with Gasteiger partial charge in [0.1, 0.15) is 5.82 Å². The van der Waals surface area contributed by atoms with Crippen molar-refractivity contribution in [2.24, 2.45) is 5.16 Å². The van der Waals surface area contributed by atoms with E-state index in [1.807, 2.05) is 36.5 Å². The predicted octanol–water partition coefficient (Wildman–Crippen LogP) is 3.42. The monoisotopic (exact) mass is 432 g/mol. The number of pyridine rings is 1. The summed E-state index contributed by atoms with van der Waals surface area (Å²) in [5.41, 5.74) is 4.38. The Balaban J connectivity index is 1.47. The molecule has 1 atom stereocenters. The van der Waals surface area contributed by atoms with Crippen LogP contribution in [0.5, 0.6) is 0 Å². The molecule has 0 aliphatic carbocycles. The summed E-state index contributed by atoms with van der Waals surface area (Å²) in [6.07, 6.45) is 4.03. The first-order valence-electron chi connectivity index (χ1n) is 11.1. The van der Waals surface area contributed by atoms with Crippen LogP contribution in [0.1, 0.15) is 48.9 Å². The molecule has 0 spiro atoms. The van der Waals surface area contributed by atoms with E-state index in [0.717, 1.165) is 54.1 Å². The maximum atomic E-state index is 12.5. The smallest absolute Gasteiger partial charge is 0.230 e. The van der Waals surface area contributed by atoms with Gasteiger partial charge < -0.3 is 19.8 Å². The van der Waals surface area contributed by atoms with Gasteiger partial charge in [-0.05, 0) is 50.4 Å². The summed E-state index contributed by atoms with van der Waals surface area (Å²) in [6.45, 7) is 11.0. The molecule has 3 aliphatic rings. The molecule has 1 fully saturated rings. The molecule has 1 aromatic carbocycles. The lowest BCUT2D eigenvalue weighted by atomic mass is 9.95. The maximum Gasteiger partial charge on any atom is 0.230 e. The Bertz CT molecular complexity index is 1080.